The smallest absolute Gasteiger partial charge is 0.240 e. The molecule has 94 valence electrons. The standard InChI is InChI=1S/C9H14N4O3S/c1-13(5-8(10)14)6-3-2-4-7(9(6)11)17(12,15)16/h2-4H,5,11H2,1H3,(H2,10,14)(H2,12,15,16). The van der Waals surface area contributed by atoms with Crippen molar-refractivity contribution in [1.82, 2.24) is 0 Å². The molecule has 1 amide bonds. The minimum atomic E-state index is -3.89. The van der Waals surface area contributed by atoms with Gasteiger partial charge in [0.25, 0.3) is 0 Å². The van der Waals surface area contributed by atoms with Gasteiger partial charge in [0, 0.05) is 7.05 Å². The van der Waals surface area contributed by atoms with Gasteiger partial charge >= 0.3 is 0 Å². The first-order valence-electron chi connectivity index (χ1n) is 4.64. The number of primary amides is 1. The van der Waals surface area contributed by atoms with Crippen molar-refractivity contribution in [2.75, 3.05) is 24.2 Å². The van der Waals surface area contributed by atoms with E-state index in [0.29, 0.717) is 5.69 Å². The molecule has 0 aromatic heterocycles. The van der Waals surface area contributed by atoms with Crippen molar-refractivity contribution in [3.05, 3.63) is 18.2 Å². The van der Waals surface area contributed by atoms with Crippen molar-refractivity contribution in [2.45, 2.75) is 4.90 Å². The number of anilines is 2. The maximum Gasteiger partial charge on any atom is 0.240 e. The van der Waals surface area contributed by atoms with Gasteiger partial charge in [-0.2, -0.15) is 0 Å². The second-order valence-electron chi connectivity index (χ2n) is 3.56. The second-order valence-corrected chi connectivity index (χ2v) is 5.09. The number of carbonyl (C=O) groups excluding carboxylic acids is 1. The molecule has 1 aromatic rings. The van der Waals surface area contributed by atoms with Crippen molar-refractivity contribution < 1.29 is 13.2 Å². The van der Waals surface area contributed by atoms with Crippen LogP contribution in [0.3, 0.4) is 0 Å². The number of hydrogen-bond acceptors (Lipinski definition) is 5. The number of sulfonamides is 1. The lowest BCUT2D eigenvalue weighted by Crippen LogP contribution is -2.31. The highest BCUT2D eigenvalue weighted by Crippen LogP contribution is 2.27. The van der Waals surface area contributed by atoms with Gasteiger partial charge in [-0.25, -0.2) is 13.6 Å². The summed E-state index contributed by atoms with van der Waals surface area (Å²) in [7, 11) is -2.31. The molecule has 0 saturated carbocycles. The Labute approximate surface area is 99.2 Å². The van der Waals surface area contributed by atoms with E-state index < -0.39 is 15.9 Å². The first-order valence-corrected chi connectivity index (χ1v) is 6.19. The summed E-state index contributed by atoms with van der Waals surface area (Å²) in [4.78, 5) is 12.0. The van der Waals surface area contributed by atoms with E-state index in [-0.39, 0.29) is 17.1 Å². The van der Waals surface area contributed by atoms with E-state index in [4.69, 9.17) is 16.6 Å². The first kappa shape index (κ1) is 13.3. The van der Waals surface area contributed by atoms with E-state index in [1.165, 1.54) is 17.0 Å². The van der Waals surface area contributed by atoms with E-state index in [1.54, 1.807) is 13.1 Å². The lowest BCUT2D eigenvalue weighted by Gasteiger charge is -2.20. The van der Waals surface area contributed by atoms with Crippen LogP contribution in [0.15, 0.2) is 23.1 Å². The molecule has 6 N–H and O–H groups in total. The monoisotopic (exact) mass is 258 g/mol. The van der Waals surface area contributed by atoms with Gasteiger partial charge in [0.15, 0.2) is 0 Å². The van der Waals surface area contributed by atoms with Crippen molar-refractivity contribution in [2.24, 2.45) is 10.9 Å². The highest BCUT2D eigenvalue weighted by molar-refractivity contribution is 7.89. The number of primary sulfonamides is 1. The maximum atomic E-state index is 11.2. The third-order valence-corrected chi connectivity index (χ3v) is 3.12. The van der Waals surface area contributed by atoms with E-state index in [2.05, 4.69) is 0 Å². The zero-order chi connectivity index (χ0) is 13.2. The van der Waals surface area contributed by atoms with Gasteiger partial charge in [0.2, 0.25) is 15.9 Å². The molecular formula is C9H14N4O3S. The number of hydrogen-bond donors (Lipinski definition) is 3. The molecule has 1 rings (SSSR count). The Morgan fingerprint density at radius 3 is 2.47 bits per heavy atom. The highest BCUT2D eigenvalue weighted by atomic mass is 32.2. The largest absolute Gasteiger partial charge is 0.396 e. The van der Waals surface area contributed by atoms with E-state index in [0.717, 1.165) is 0 Å². The number of benzene rings is 1. The van der Waals surface area contributed by atoms with E-state index in [9.17, 15) is 13.2 Å². The summed E-state index contributed by atoms with van der Waals surface area (Å²) in [5.41, 5.74) is 11.1. The molecule has 0 aliphatic carbocycles. The molecule has 0 aliphatic rings. The number of rotatable bonds is 4. The summed E-state index contributed by atoms with van der Waals surface area (Å²) < 4.78 is 22.5. The number of amides is 1. The van der Waals surface area contributed by atoms with Crippen LogP contribution >= 0.6 is 0 Å². The lowest BCUT2D eigenvalue weighted by molar-refractivity contribution is -0.116. The molecule has 17 heavy (non-hydrogen) atoms. The van der Waals surface area contributed by atoms with E-state index >= 15 is 0 Å². The fourth-order valence-corrected chi connectivity index (χ4v) is 2.11. The van der Waals surface area contributed by atoms with Crippen LogP contribution in [0, 0.1) is 0 Å². The number of nitrogens with two attached hydrogens (primary N) is 3. The normalized spacial score (nSPS) is 11.2. The van der Waals surface area contributed by atoms with E-state index in [1.807, 2.05) is 0 Å². The molecule has 0 aliphatic heterocycles. The minimum absolute atomic E-state index is 0.00116. The third-order valence-electron chi connectivity index (χ3n) is 2.15. The Kier molecular flexibility index (Phi) is 3.59. The predicted octanol–water partition coefficient (Wildman–Crippen LogP) is -1.16. The molecule has 0 bridgehead atoms. The topological polar surface area (TPSA) is 133 Å². The molecule has 0 fully saturated rings. The Bertz CT molecular complexity index is 541. The summed E-state index contributed by atoms with van der Waals surface area (Å²) >= 11 is 0. The van der Waals surface area contributed by atoms with Crippen LogP contribution in [-0.4, -0.2) is 27.9 Å². The summed E-state index contributed by atoms with van der Waals surface area (Å²) in [5, 5.41) is 5.01. The summed E-state index contributed by atoms with van der Waals surface area (Å²) in [6.45, 7) is -0.0712. The number of nitrogens with zero attached hydrogens (tertiary/aromatic N) is 1. The van der Waals surface area contributed by atoms with Gasteiger partial charge in [-0.3, -0.25) is 4.79 Å². The van der Waals surface area contributed by atoms with Gasteiger partial charge in [0.1, 0.15) is 4.90 Å². The average molecular weight is 258 g/mol. The number of likely N-dealkylation sites (N-methyl/N-ethyl adjacent to an activating group) is 1. The van der Waals surface area contributed by atoms with Crippen LogP contribution in [0.5, 0.6) is 0 Å². The summed E-state index contributed by atoms with van der Waals surface area (Å²) in [5.74, 6) is -0.548. The first-order chi connectivity index (χ1) is 7.73. The van der Waals surface area contributed by atoms with Crippen molar-refractivity contribution in [3.63, 3.8) is 0 Å². The predicted molar refractivity (Wildman–Crippen MR) is 64.7 cm³/mol. The lowest BCUT2D eigenvalue weighted by atomic mass is 10.2. The molecule has 0 heterocycles. The highest BCUT2D eigenvalue weighted by Gasteiger charge is 2.17. The Morgan fingerprint density at radius 2 is 2.00 bits per heavy atom. The Morgan fingerprint density at radius 1 is 1.41 bits per heavy atom. The molecule has 0 radical (unpaired) electrons. The van der Waals surface area contributed by atoms with Crippen LogP contribution in [0.1, 0.15) is 0 Å². The zero-order valence-corrected chi connectivity index (χ0v) is 10.1. The van der Waals surface area contributed by atoms with Gasteiger partial charge < -0.3 is 16.4 Å². The van der Waals surface area contributed by atoms with Gasteiger partial charge in [-0.05, 0) is 12.1 Å². The molecule has 0 spiro atoms. The molecule has 0 saturated heterocycles. The summed E-state index contributed by atoms with van der Waals surface area (Å²) in [6, 6.07) is 4.36. The van der Waals surface area contributed by atoms with Crippen LogP contribution in [0.25, 0.3) is 0 Å². The van der Waals surface area contributed by atoms with Crippen LogP contribution in [-0.2, 0) is 14.8 Å². The van der Waals surface area contributed by atoms with Gasteiger partial charge in [-0.1, -0.05) is 6.07 Å². The molecule has 0 atom stereocenters. The molecular weight excluding hydrogens is 244 g/mol. The maximum absolute atomic E-state index is 11.2. The van der Waals surface area contributed by atoms with Crippen molar-refractivity contribution >= 4 is 27.3 Å². The van der Waals surface area contributed by atoms with Crippen molar-refractivity contribution in [1.29, 1.82) is 0 Å². The Hall–Kier alpha value is -1.80. The quantitative estimate of drug-likeness (QED) is 0.586. The van der Waals surface area contributed by atoms with Crippen LogP contribution in [0.2, 0.25) is 0 Å². The zero-order valence-electron chi connectivity index (χ0n) is 9.25. The fourth-order valence-electron chi connectivity index (χ4n) is 1.43. The average Bonchev–Trinajstić information content (AvgIpc) is 2.14. The summed E-state index contributed by atoms with van der Waals surface area (Å²) in [6.07, 6.45) is 0. The molecule has 7 nitrogen and oxygen atoms in total. The molecule has 8 heteroatoms. The molecule has 0 unspecified atom stereocenters. The van der Waals surface area contributed by atoms with Gasteiger partial charge in [-0.15, -0.1) is 0 Å². The molecule has 1 aromatic carbocycles. The number of nitrogen functional groups attached to an aromatic ring is 1. The van der Waals surface area contributed by atoms with Crippen LogP contribution in [0.4, 0.5) is 11.4 Å². The fraction of sp³-hybridized carbons (Fsp3) is 0.222. The minimum Gasteiger partial charge on any atom is -0.396 e. The second kappa shape index (κ2) is 4.60. The number of carbonyl (C=O) groups is 1. The third kappa shape index (κ3) is 3.08. The number of para-hydroxylation sites is 1. The van der Waals surface area contributed by atoms with Crippen LogP contribution < -0.4 is 21.5 Å². The Balaban J connectivity index is 3.24. The van der Waals surface area contributed by atoms with Gasteiger partial charge in [0.05, 0.1) is 17.9 Å². The van der Waals surface area contributed by atoms with Crippen molar-refractivity contribution in [3.8, 4) is 0 Å². The SMILES string of the molecule is CN(CC(N)=O)c1cccc(S(N)(=O)=O)c1N.